The summed E-state index contributed by atoms with van der Waals surface area (Å²) in [6, 6.07) is 8.60. The Kier molecular flexibility index (Phi) is 5.86. The van der Waals surface area contributed by atoms with Gasteiger partial charge in [-0.05, 0) is 49.8 Å². The molecule has 1 heterocycles. The fourth-order valence-corrected chi connectivity index (χ4v) is 3.66. The van der Waals surface area contributed by atoms with Crippen LogP contribution in [-0.4, -0.2) is 20.3 Å². The first kappa shape index (κ1) is 16.1. The Morgan fingerprint density at radius 2 is 2.10 bits per heavy atom. The molecule has 0 aliphatic carbocycles. The Morgan fingerprint density at radius 3 is 2.62 bits per heavy atom. The number of methoxy groups -OCH3 is 1. The van der Waals surface area contributed by atoms with Crippen LogP contribution in [0.4, 0.5) is 0 Å². The van der Waals surface area contributed by atoms with Gasteiger partial charge in [0, 0.05) is 12.0 Å². The van der Waals surface area contributed by atoms with Gasteiger partial charge in [0.2, 0.25) is 0 Å². The van der Waals surface area contributed by atoms with E-state index >= 15 is 0 Å². The molecule has 0 bridgehead atoms. The van der Waals surface area contributed by atoms with Crippen LogP contribution in [-0.2, 0) is 10.2 Å². The summed E-state index contributed by atoms with van der Waals surface area (Å²) >= 11 is 0. The highest BCUT2D eigenvalue weighted by Gasteiger charge is 2.38. The Labute approximate surface area is 129 Å². The van der Waals surface area contributed by atoms with E-state index in [-0.39, 0.29) is 5.41 Å². The van der Waals surface area contributed by atoms with Gasteiger partial charge in [-0.3, -0.25) is 0 Å². The summed E-state index contributed by atoms with van der Waals surface area (Å²) in [6.45, 7) is 6.18. The number of allylic oxidation sites excluding steroid dienone is 2. The average molecular weight is 288 g/mol. The highest BCUT2D eigenvalue weighted by Crippen LogP contribution is 2.42. The first-order chi connectivity index (χ1) is 10.3. The minimum absolute atomic E-state index is 0.0934. The van der Waals surface area contributed by atoms with Crippen LogP contribution in [0.25, 0.3) is 0 Å². The third-order valence-electron chi connectivity index (χ3n) is 4.64. The molecule has 0 aromatic heterocycles. The highest BCUT2D eigenvalue weighted by molar-refractivity contribution is 5.37. The van der Waals surface area contributed by atoms with Crippen molar-refractivity contribution < 1.29 is 9.47 Å². The molecule has 1 saturated heterocycles. The fourth-order valence-electron chi connectivity index (χ4n) is 3.66. The van der Waals surface area contributed by atoms with Crippen molar-refractivity contribution >= 4 is 0 Å². The van der Waals surface area contributed by atoms with Crippen molar-refractivity contribution in [2.24, 2.45) is 5.92 Å². The van der Waals surface area contributed by atoms with Gasteiger partial charge in [-0.25, -0.2) is 0 Å². The second kappa shape index (κ2) is 7.65. The van der Waals surface area contributed by atoms with Gasteiger partial charge in [0.25, 0.3) is 0 Å². The molecular formula is C19H28O2. The van der Waals surface area contributed by atoms with E-state index in [1.807, 2.05) is 0 Å². The smallest absolute Gasteiger partial charge is 0.118 e. The van der Waals surface area contributed by atoms with E-state index in [9.17, 15) is 0 Å². The molecule has 0 radical (unpaired) electrons. The zero-order valence-corrected chi connectivity index (χ0v) is 13.6. The van der Waals surface area contributed by atoms with Crippen molar-refractivity contribution in [3.05, 3.63) is 42.0 Å². The van der Waals surface area contributed by atoms with Crippen LogP contribution in [0.1, 0.15) is 45.1 Å². The predicted octanol–water partition coefficient (Wildman–Crippen LogP) is 4.74. The number of ether oxygens (including phenoxy) is 2. The summed E-state index contributed by atoms with van der Waals surface area (Å²) < 4.78 is 11.1. The van der Waals surface area contributed by atoms with E-state index in [0.717, 1.165) is 25.4 Å². The Hall–Kier alpha value is -1.28. The van der Waals surface area contributed by atoms with Crippen molar-refractivity contribution in [3.63, 3.8) is 0 Å². The first-order valence-corrected chi connectivity index (χ1v) is 8.13. The van der Waals surface area contributed by atoms with Gasteiger partial charge in [-0.15, -0.1) is 0 Å². The maximum atomic E-state index is 5.79. The van der Waals surface area contributed by atoms with Gasteiger partial charge in [0.05, 0.1) is 13.7 Å². The van der Waals surface area contributed by atoms with Gasteiger partial charge in [-0.1, -0.05) is 37.6 Å². The van der Waals surface area contributed by atoms with Gasteiger partial charge in [0.15, 0.2) is 0 Å². The molecule has 21 heavy (non-hydrogen) atoms. The standard InChI is InChI=1S/C19H28O2/c1-4-12-19(13-5-2,17-7-6-14-21-15-17)16-8-10-18(20-3)11-9-16/h4,8-12,17H,5-7,13-15H2,1-3H3. The molecule has 0 spiro atoms. The van der Waals surface area contributed by atoms with E-state index in [2.05, 4.69) is 50.3 Å². The summed E-state index contributed by atoms with van der Waals surface area (Å²) in [4.78, 5) is 0. The van der Waals surface area contributed by atoms with Crippen molar-refractivity contribution in [2.75, 3.05) is 20.3 Å². The molecule has 0 saturated carbocycles. The van der Waals surface area contributed by atoms with Crippen molar-refractivity contribution in [1.82, 2.24) is 0 Å². The van der Waals surface area contributed by atoms with Crippen LogP contribution in [0, 0.1) is 5.92 Å². The van der Waals surface area contributed by atoms with Crippen LogP contribution in [0.5, 0.6) is 5.75 Å². The summed E-state index contributed by atoms with van der Waals surface area (Å²) in [5, 5.41) is 0. The van der Waals surface area contributed by atoms with E-state index in [0.29, 0.717) is 5.92 Å². The summed E-state index contributed by atoms with van der Waals surface area (Å²) in [6.07, 6.45) is 9.36. The maximum absolute atomic E-state index is 5.79. The van der Waals surface area contributed by atoms with Crippen LogP contribution in [0.2, 0.25) is 0 Å². The average Bonchev–Trinajstić information content (AvgIpc) is 2.55. The summed E-state index contributed by atoms with van der Waals surface area (Å²) in [5.74, 6) is 1.49. The first-order valence-electron chi connectivity index (χ1n) is 8.13. The summed E-state index contributed by atoms with van der Waals surface area (Å²) in [7, 11) is 1.72. The normalized spacial score (nSPS) is 22.1. The quantitative estimate of drug-likeness (QED) is 0.704. The van der Waals surface area contributed by atoms with Crippen molar-refractivity contribution in [3.8, 4) is 5.75 Å². The van der Waals surface area contributed by atoms with Crippen molar-refractivity contribution in [2.45, 2.75) is 44.9 Å². The van der Waals surface area contributed by atoms with Gasteiger partial charge in [-0.2, -0.15) is 0 Å². The molecule has 1 aromatic carbocycles. The molecule has 0 amide bonds. The van der Waals surface area contributed by atoms with Crippen LogP contribution in [0.15, 0.2) is 36.4 Å². The minimum atomic E-state index is 0.0934. The second-order valence-corrected chi connectivity index (χ2v) is 5.93. The fraction of sp³-hybridized carbons (Fsp3) is 0.579. The molecule has 1 fully saturated rings. The molecule has 2 rings (SSSR count). The SMILES string of the molecule is CC=CC(CCC)(c1ccc(OC)cc1)C1CCCOC1. The lowest BCUT2D eigenvalue weighted by molar-refractivity contribution is 0.0275. The maximum Gasteiger partial charge on any atom is 0.118 e. The lowest BCUT2D eigenvalue weighted by atomic mass is 9.65. The zero-order chi connectivity index (χ0) is 15.1. The topological polar surface area (TPSA) is 18.5 Å². The number of hydrogen-bond acceptors (Lipinski definition) is 2. The van der Waals surface area contributed by atoms with Gasteiger partial charge < -0.3 is 9.47 Å². The lowest BCUT2D eigenvalue weighted by Gasteiger charge is -2.41. The van der Waals surface area contributed by atoms with Crippen molar-refractivity contribution in [1.29, 1.82) is 0 Å². The van der Waals surface area contributed by atoms with Gasteiger partial charge >= 0.3 is 0 Å². The molecule has 116 valence electrons. The second-order valence-electron chi connectivity index (χ2n) is 5.93. The molecule has 2 heteroatoms. The third kappa shape index (κ3) is 3.49. The van der Waals surface area contributed by atoms with Crippen LogP contribution >= 0.6 is 0 Å². The Bertz CT molecular complexity index is 443. The van der Waals surface area contributed by atoms with Crippen LogP contribution in [0.3, 0.4) is 0 Å². The molecule has 2 unspecified atom stereocenters. The molecule has 1 aliphatic heterocycles. The molecule has 1 aliphatic rings. The lowest BCUT2D eigenvalue weighted by Crippen LogP contribution is -2.38. The Morgan fingerprint density at radius 1 is 1.33 bits per heavy atom. The number of rotatable bonds is 6. The van der Waals surface area contributed by atoms with E-state index in [1.165, 1.54) is 24.8 Å². The summed E-state index contributed by atoms with van der Waals surface area (Å²) in [5.41, 5.74) is 1.48. The largest absolute Gasteiger partial charge is 0.497 e. The third-order valence-corrected chi connectivity index (χ3v) is 4.64. The van der Waals surface area contributed by atoms with E-state index in [1.54, 1.807) is 7.11 Å². The van der Waals surface area contributed by atoms with E-state index in [4.69, 9.17) is 9.47 Å². The Balaban J connectivity index is 2.40. The van der Waals surface area contributed by atoms with E-state index < -0.39 is 0 Å². The number of benzene rings is 1. The zero-order valence-electron chi connectivity index (χ0n) is 13.6. The van der Waals surface area contributed by atoms with Gasteiger partial charge in [0.1, 0.15) is 5.75 Å². The molecule has 1 aromatic rings. The highest BCUT2D eigenvalue weighted by atomic mass is 16.5. The number of hydrogen-bond donors (Lipinski definition) is 0. The predicted molar refractivity (Wildman–Crippen MR) is 87.9 cm³/mol. The monoisotopic (exact) mass is 288 g/mol. The minimum Gasteiger partial charge on any atom is -0.497 e. The molecule has 2 nitrogen and oxygen atoms in total. The molecule has 0 N–H and O–H groups in total. The molecular weight excluding hydrogens is 260 g/mol. The molecule has 2 atom stereocenters. The van der Waals surface area contributed by atoms with Crippen LogP contribution < -0.4 is 4.74 Å².